The number of methoxy groups -OCH3 is 1. The molecule has 1 aliphatic rings. The second kappa shape index (κ2) is 7.88. The lowest BCUT2D eigenvalue weighted by Crippen LogP contribution is -2.41. The second-order valence-electron chi connectivity index (χ2n) is 5.05. The van der Waals surface area contributed by atoms with Crippen LogP contribution in [-0.4, -0.2) is 38.4 Å². The van der Waals surface area contributed by atoms with Gasteiger partial charge in [0, 0.05) is 13.2 Å². The number of hydrogen-bond donors (Lipinski definition) is 1. The zero-order valence-electron chi connectivity index (χ0n) is 12.6. The largest absolute Gasteiger partial charge is 0.493 e. The van der Waals surface area contributed by atoms with E-state index in [4.69, 9.17) is 14.2 Å². The Balaban J connectivity index is 1.90. The highest BCUT2D eigenvalue weighted by atomic mass is 16.5. The molecule has 1 N–H and O–H groups in total. The fourth-order valence-electron chi connectivity index (χ4n) is 2.33. The highest BCUT2D eigenvalue weighted by Crippen LogP contribution is 2.27. The molecule has 1 aliphatic heterocycles. The minimum absolute atomic E-state index is 0.112. The summed E-state index contributed by atoms with van der Waals surface area (Å²) in [5, 5.41) is 2.90. The van der Waals surface area contributed by atoms with E-state index in [1.807, 2.05) is 25.1 Å². The maximum atomic E-state index is 12.2. The van der Waals surface area contributed by atoms with Gasteiger partial charge in [0.05, 0.1) is 13.2 Å². The summed E-state index contributed by atoms with van der Waals surface area (Å²) in [4.78, 5) is 12.2. The summed E-state index contributed by atoms with van der Waals surface area (Å²) in [7, 11) is 1.58. The molecule has 21 heavy (non-hydrogen) atoms. The van der Waals surface area contributed by atoms with Crippen LogP contribution in [0.25, 0.3) is 0 Å². The number of ether oxygens (including phenoxy) is 3. The molecule has 0 unspecified atom stereocenters. The normalized spacial score (nSPS) is 19.0. The Labute approximate surface area is 125 Å². The number of rotatable bonds is 7. The molecule has 0 spiro atoms. The van der Waals surface area contributed by atoms with E-state index in [1.165, 1.54) is 0 Å². The van der Waals surface area contributed by atoms with Crippen LogP contribution in [0.1, 0.15) is 26.2 Å². The van der Waals surface area contributed by atoms with E-state index >= 15 is 0 Å². The van der Waals surface area contributed by atoms with Gasteiger partial charge in [-0.05, 0) is 31.4 Å². The fourth-order valence-corrected chi connectivity index (χ4v) is 2.33. The lowest BCUT2D eigenvalue weighted by Gasteiger charge is -2.19. The third kappa shape index (κ3) is 4.36. The maximum Gasteiger partial charge on any atom is 0.261 e. The quantitative estimate of drug-likeness (QED) is 0.837. The monoisotopic (exact) mass is 293 g/mol. The molecule has 0 saturated carbocycles. The predicted molar refractivity (Wildman–Crippen MR) is 79.7 cm³/mol. The first-order chi connectivity index (χ1) is 10.2. The number of nitrogens with one attached hydrogen (secondary N) is 1. The fraction of sp³-hybridized carbons (Fsp3) is 0.562. The van der Waals surface area contributed by atoms with Crippen molar-refractivity contribution in [1.29, 1.82) is 0 Å². The molecule has 1 heterocycles. The van der Waals surface area contributed by atoms with Crippen molar-refractivity contribution >= 4 is 5.91 Å². The van der Waals surface area contributed by atoms with Gasteiger partial charge in [0.25, 0.3) is 5.91 Å². The Hall–Kier alpha value is -1.75. The summed E-state index contributed by atoms with van der Waals surface area (Å²) in [6, 6.07) is 7.33. The topological polar surface area (TPSA) is 56.8 Å². The van der Waals surface area contributed by atoms with Crippen molar-refractivity contribution in [2.75, 3.05) is 20.3 Å². The number of amides is 1. The summed E-state index contributed by atoms with van der Waals surface area (Å²) in [6.45, 7) is 3.26. The average Bonchev–Trinajstić information content (AvgIpc) is 3.04. The number of carbonyl (C=O) groups is 1. The van der Waals surface area contributed by atoms with Crippen LogP contribution in [0.5, 0.6) is 11.5 Å². The SMILES string of the molecule is CC[C@H](Oc1ccccc1OC)C(=O)NC[C@@H]1CCCO1. The van der Waals surface area contributed by atoms with E-state index in [1.54, 1.807) is 13.2 Å². The Morgan fingerprint density at radius 1 is 1.43 bits per heavy atom. The lowest BCUT2D eigenvalue weighted by molar-refractivity contribution is -0.128. The van der Waals surface area contributed by atoms with E-state index in [-0.39, 0.29) is 12.0 Å². The molecule has 1 amide bonds. The van der Waals surface area contributed by atoms with Crippen molar-refractivity contribution in [2.24, 2.45) is 0 Å². The first-order valence-electron chi connectivity index (χ1n) is 7.43. The minimum Gasteiger partial charge on any atom is -0.493 e. The lowest BCUT2D eigenvalue weighted by atomic mass is 10.2. The van der Waals surface area contributed by atoms with Gasteiger partial charge in [-0.3, -0.25) is 4.79 Å². The van der Waals surface area contributed by atoms with Crippen molar-refractivity contribution in [2.45, 2.75) is 38.4 Å². The average molecular weight is 293 g/mol. The van der Waals surface area contributed by atoms with E-state index < -0.39 is 6.10 Å². The molecule has 1 aromatic carbocycles. The number of hydrogen-bond acceptors (Lipinski definition) is 4. The van der Waals surface area contributed by atoms with Gasteiger partial charge in [-0.15, -0.1) is 0 Å². The van der Waals surface area contributed by atoms with Crippen LogP contribution < -0.4 is 14.8 Å². The Bertz CT molecular complexity index is 457. The zero-order valence-corrected chi connectivity index (χ0v) is 12.6. The molecule has 0 aromatic heterocycles. The molecule has 0 radical (unpaired) electrons. The van der Waals surface area contributed by atoms with Crippen LogP contribution in [0.3, 0.4) is 0 Å². The number of para-hydroxylation sites is 2. The Morgan fingerprint density at radius 3 is 2.81 bits per heavy atom. The van der Waals surface area contributed by atoms with Crippen LogP contribution in [0.4, 0.5) is 0 Å². The highest BCUT2D eigenvalue weighted by Gasteiger charge is 2.22. The van der Waals surface area contributed by atoms with Crippen LogP contribution in [0.15, 0.2) is 24.3 Å². The van der Waals surface area contributed by atoms with Crippen molar-refractivity contribution in [3.05, 3.63) is 24.3 Å². The van der Waals surface area contributed by atoms with Gasteiger partial charge in [-0.2, -0.15) is 0 Å². The van der Waals surface area contributed by atoms with Gasteiger partial charge in [0.2, 0.25) is 0 Å². The van der Waals surface area contributed by atoms with Crippen molar-refractivity contribution in [3.8, 4) is 11.5 Å². The molecular formula is C16H23NO4. The Kier molecular flexibility index (Phi) is 5.87. The third-order valence-electron chi connectivity index (χ3n) is 3.53. The number of benzene rings is 1. The molecule has 2 rings (SSSR count). The molecule has 0 bridgehead atoms. The van der Waals surface area contributed by atoms with E-state index in [0.717, 1.165) is 19.4 Å². The van der Waals surface area contributed by atoms with E-state index in [9.17, 15) is 4.79 Å². The molecule has 1 fully saturated rings. The standard InChI is InChI=1S/C16H23NO4/c1-3-13(16(18)17-11-12-7-6-10-20-12)21-15-9-5-4-8-14(15)19-2/h4-5,8-9,12-13H,3,6-7,10-11H2,1-2H3,(H,17,18)/t12-,13-/m0/s1. The molecule has 5 nitrogen and oxygen atoms in total. The summed E-state index contributed by atoms with van der Waals surface area (Å²) in [5.74, 6) is 1.10. The first-order valence-corrected chi connectivity index (χ1v) is 7.43. The second-order valence-corrected chi connectivity index (χ2v) is 5.05. The molecular weight excluding hydrogens is 270 g/mol. The summed E-state index contributed by atoms with van der Waals surface area (Å²) >= 11 is 0. The minimum atomic E-state index is -0.525. The third-order valence-corrected chi connectivity index (χ3v) is 3.53. The van der Waals surface area contributed by atoms with Gasteiger partial charge in [-0.25, -0.2) is 0 Å². The maximum absolute atomic E-state index is 12.2. The van der Waals surface area contributed by atoms with Gasteiger partial charge >= 0.3 is 0 Å². The van der Waals surface area contributed by atoms with Gasteiger partial charge in [0.15, 0.2) is 17.6 Å². The van der Waals surface area contributed by atoms with Gasteiger partial charge < -0.3 is 19.5 Å². The van der Waals surface area contributed by atoms with Gasteiger partial charge in [-0.1, -0.05) is 19.1 Å². The molecule has 2 atom stereocenters. The molecule has 116 valence electrons. The summed E-state index contributed by atoms with van der Waals surface area (Å²) in [6.07, 6.45) is 2.27. The summed E-state index contributed by atoms with van der Waals surface area (Å²) in [5.41, 5.74) is 0. The van der Waals surface area contributed by atoms with Crippen molar-refractivity contribution < 1.29 is 19.0 Å². The van der Waals surface area contributed by atoms with E-state index in [0.29, 0.717) is 24.5 Å². The molecule has 0 aliphatic carbocycles. The van der Waals surface area contributed by atoms with Crippen molar-refractivity contribution in [1.82, 2.24) is 5.32 Å². The van der Waals surface area contributed by atoms with Crippen LogP contribution in [-0.2, 0) is 9.53 Å². The molecule has 1 saturated heterocycles. The first kappa shape index (κ1) is 15.6. The Morgan fingerprint density at radius 2 is 2.19 bits per heavy atom. The molecule has 5 heteroatoms. The summed E-state index contributed by atoms with van der Waals surface area (Å²) < 4.78 is 16.5. The van der Waals surface area contributed by atoms with Crippen LogP contribution >= 0.6 is 0 Å². The predicted octanol–water partition coefficient (Wildman–Crippen LogP) is 2.15. The van der Waals surface area contributed by atoms with Crippen LogP contribution in [0.2, 0.25) is 0 Å². The smallest absolute Gasteiger partial charge is 0.261 e. The number of carbonyl (C=O) groups excluding carboxylic acids is 1. The van der Waals surface area contributed by atoms with Crippen LogP contribution in [0, 0.1) is 0 Å². The van der Waals surface area contributed by atoms with Gasteiger partial charge in [0.1, 0.15) is 0 Å². The zero-order chi connectivity index (χ0) is 15.1. The molecule has 1 aromatic rings. The van der Waals surface area contributed by atoms with E-state index in [2.05, 4.69) is 5.32 Å². The van der Waals surface area contributed by atoms with Crippen molar-refractivity contribution in [3.63, 3.8) is 0 Å². The highest BCUT2D eigenvalue weighted by molar-refractivity contribution is 5.81.